The highest BCUT2D eigenvalue weighted by Crippen LogP contribution is 2.25. The lowest BCUT2D eigenvalue weighted by atomic mass is 10.1. The van der Waals surface area contributed by atoms with Crippen LogP contribution in [0.2, 0.25) is 0 Å². The molecule has 0 aromatic heterocycles. The monoisotopic (exact) mass is 453 g/mol. The minimum atomic E-state index is -3.74. The summed E-state index contributed by atoms with van der Waals surface area (Å²) in [6.07, 6.45) is 2.39. The lowest BCUT2D eigenvalue weighted by Gasteiger charge is -2.30. The highest BCUT2D eigenvalue weighted by Gasteiger charge is 2.31. The highest BCUT2D eigenvalue weighted by molar-refractivity contribution is 7.92. The van der Waals surface area contributed by atoms with E-state index in [0.717, 1.165) is 26.7 Å². The Morgan fingerprint density at radius 3 is 2.07 bits per heavy atom. The molecule has 0 heterocycles. The Labute approximate surface area is 178 Å². The number of carbonyl (C=O) groups is 1. The first-order valence-corrected chi connectivity index (χ1v) is 12.9. The summed E-state index contributed by atoms with van der Waals surface area (Å²) in [4.78, 5) is 13.0. The van der Waals surface area contributed by atoms with E-state index < -0.39 is 32.0 Å². The maximum Gasteiger partial charge on any atom is 0.248 e. The molecule has 1 atom stereocenters. The summed E-state index contributed by atoms with van der Waals surface area (Å²) in [5.41, 5.74) is 2.11. The van der Waals surface area contributed by atoms with Crippen molar-refractivity contribution in [1.29, 1.82) is 0 Å². The maximum atomic E-state index is 13.0. The van der Waals surface area contributed by atoms with E-state index in [9.17, 15) is 21.6 Å². The van der Waals surface area contributed by atoms with E-state index in [0.29, 0.717) is 17.1 Å². The predicted octanol–water partition coefficient (Wildman–Crippen LogP) is 2.57. The number of sulfonamides is 2. The number of carbonyl (C=O) groups excluding carboxylic acids is 1. The Kier molecular flexibility index (Phi) is 7.14. The maximum absolute atomic E-state index is 13.0. The minimum Gasteiger partial charge on any atom is -0.324 e. The van der Waals surface area contributed by atoms with E-state index in [1.807, 2.05) is 6.92 Å². The molecule has 8 nitrogen and oxygen atoms in total. The minimum absolute atomic E-state index is 0.246. The fourth-order valence-corrected chi connectivity index (χ4v) is 4.66. The van der Waals surface area contributed by atoms with Gasteiger partial charge in [0.15, 0.2) is 0 Å². The summed E-state index contributed by atoms with van der Waals surface area (Å²) in [7, 11) is -5.79. The van der Waals surface area contributed by atoms with Crippen LogP contribution in [0.25, 0.3) is 0 Å². The first-order chi connectivity index (χ1) is 13.8. The molecule has 10 heteroatoms. The van der Waals surface area contributed by atoms with Gasteiger partial charge in [0.25, 0.3) is 0 Å². The SMILES string of the molecule is CCC(C(=O)Nc1cccc(N(C)S(C)(=O)=O)c1)N(c1ccc(C)cc1)S(C)(=O)=O. The Bertz CT molecular complexity index is 1110. The lowest BCUT2D eigenvalue weighted by Crippen LogP contribution is -2.47. The van der Waals surface area contributed by atoms with E-state index in [1.165, 1.54) is 13.1 Å². The van der Waals surface area contributed by atoms with Crippen LogP contribution in [0.5, 0.6) is 0 Å². The quantitative estimate of drug-likeness (QED) is 0.662. The Morgan fingerprint density at radius 2 is 1.57 bits per heavy atom. The van der Waals surface area contributed by atoms with Gasteiger partial charge in [-0.3, -0.25) is 13.4 Å². The van der Waals surface area contributed by atoms with Crippen LogP contribution >= 0.6 is 0 Å². The molecule has 164 valence electrons. The fourth-order valence-electron chi connectivity index (χ4n) is 2.95. The van der Waals surface area contributed by atoms with Crippen LogP contribution in [0.4, 0.5) is 17.1 Å². The van der Waals surface area contributed by atoms with Crippen molar-refractivity contribution < 1.29 is 21.6 Å². The van der Waals surface area contributed by atoms with Gasteiger partial charge in [-0.1, -0.05) is 30.7 Å². The van der Waals surface area contributed by atoms with Crippen molar-refractivity contribution in [2.24, 2.45) is 0 Å². The summed E-state index contributed by atoms with van der Waals surface area (Å²) in [5, 5.41) is 2.71. The second-order valence-electron chi connectivity index (χ2n) is 7.09. The zero-order valence-corrected chi connectivity index (χ0v) is 19.3. The van der Waals surface area contributed by atoms with Crippen molar-refractivity contribution in [2.75, 3.05) is 33.5 Å². The molecule has 0 aliphatic carbocycles. The lowest BCUT2D eigenvalue weighted by molar-refractivity contribution is -0.117. The van der Waals surface area contributed by atoms with E-state index in [4.69, 9.17) is 0 Å². The number of nitrogens with one attached hydrogen (secondary N) is 1. The first-order valence-electron chi connectivity index (χ1n) is 9.25. The molecule has 0 saturated heterocycles. The molecule has 30 heavy (non-hydrogen) atoms. The third kappa shape index (κ3) is 5.73. The largest absolute Gasteiger partial charge is 0.324 e. The van der Waals surface area contributed by atoms with Crippen molar-refractivity contribution in [2.45, 2.75) is 26.3 Å². The molecule has 0 radical (unpaired) electrons. The van der Waals surface area contributed by atoms with Crippen LogP contribution in [0.1, 0.15) is 18.9 Å². The first kappa shape index (κ1) is 23.7. The highest BCUT2D eigenvalue weighted by atomic mass is 32.2. The van der Waals surface area contributed by atoms with Crippen molar-refractivity contribution in [3.8, 4) is 0 Å². The van der Waals surface area contributed by atoms with Crippen LogP contribution in [-0.2, 0) is 24.8 Å². The standard InChI is InChI=1S/C20H27N3O5S2/c1-6-19(23(30(5,27)28)17-12-10-15(2)11-13-17)20(24)21-16-8-7-9-18(14-16)22(3)29(4,25)26/h7-14,19H,6H2,1-5H3,(H,21,24). The average Bonchev–Trinajstić information content (AvgIpc) is 2.64. The fraction of sp³-hybridized carbons (Fsp3) is 0.350. The van der Waals surface area contributed by atoms with Gasteiger partial charge in [0, 0.05) is 12.7 Å². The number of amides is 1. The van der Waals surface area contributed by atoms with Gasteiger partial charge in [-0.2, -0.15) is 0 Å². The van der Waals surface area contributed by atoms with Crippen LogP contribution in [0, 0.1) is 6.92 Å². The predicted molar refractivity (Wildman–Crippen MR) is 121 cm³/mol. The molecule has 1 amide bonds. The van der Waals surface area contributed by atoms with Crippen LogP contribution < -0.4 is 13.9 Å². The molecule has 0 bridgehead atoms. The number of nitrogens with zero attached hydrogens (tertiary/aromatic N) is 2. The van der Waals surface area contributed by atoms with Gasteiger partial charge < -0.3 is 5.32 Å². The van der Waals surface area contributed by atoms with Crippen molar-refractivity contribution >= 4 is 43.0 Å². The summed E-state index contributed by atoms with van der Waals surface area (Å²) in [5.74, 6) is -0.511. The van der Waals surface area contributed by atoms with Crippen molar-refractivity contribution in [1.82, 2.24) is 0 Å². The van der Waals surface area contributed by atoms with E-state index >= 15 is 0 Å². The number of hydrogen-bond acceptors (Lipinski definition) is 5. The third-order valence-electron chi connectivity index (χ3n) is 4.59. The molecule has 1 N–H and O–H groups in total. The van der Waals surface area contributed by atoms with Gasteiger partial charge in [0.1, 0.15) is 6.04 Å². The second-order valence-corrected chi connectivity index (χ2v) is 11.0. The molecule has 0 aliphatic rings. The number of benzene rings is 2. The Balaban J connectivity index is 2.36. The summed E-state index contributed by atoms with van der Waals surface area (Å²) in [6.45, 7) is 3.61. The zero-order valence-electron chi connectivity index (χ0n) is 17.7. The normalized spacial score (nSPS) is 12.8. The van der Waals surface area contributed by atoms with Crippen molar-refractivity contribution in [3.63, 3.8) is 0 Å². The van der Waals surface area contributed by atoms with Gasteiger partial charge in [-0.15, -0.1) is 0 Å². The molecule has 0 fully saturated rings. The third-order valence-corrected chi connectivity index (χ3v) is 6.98. The molecule has 0 spiro atoms. The average molecular weight is 454 g/mol. The van der Waals surface area contributed by atoms with Gasteiger partial charge in [-0.05, 0) is 43.7 Å². The van der Waals surface area contributed by atoms with E-state index in [2.05, 4.69) is 5.32 Å². The van der Waals surface area contributed by atoms with Gasteiger partial charge >= 0.3 is 0 Å². The molecule has 0 saturated carbocycles. The van der Waals surface area contributed by atoms with E-state index in [-0.39, 0.29) is 6.42 Å². The number of aryl methyl sites for hydroxylation is 1. The molecule has 2 aromatic carbocycles. The van der Waals surface area contributed by atoms with Crippen LogP contribution in [0.3, 0.4) is 0 Å². The molecular weight excluding hydrogens is 426 g/mol. The summed E-state index contributed by atoms with van der Waals surface area (Å²) >= 11 is 0. The summed E-state index contributed by atoms with van der Waals surface area (Å²) in [6, 6.07) is 12.3. The number of anilines is 3. The molecule has 2 rings (SSSR count). The number of hydrogen-bond donors (Lipinski definition) is 1. The Hall–Kier alpha value is -2.59. The van der Waals surface area contributed by atoms with E-state index in [1.54, 1.807) is 49.4 Å². The Morgan fingerprint density at radius 1 is 0.967 bits per heavy atom. The number of rotatable bonds is 8. The second kappa shape index (κ2) is 9.05. The molecule has 0 aliphatic heterocycles. The van der Waals surface area contributed by atoms with Crippen LogP contribution in [0.15, 0.2) is 48.5 Å². The smallest absolute Gasteiger partial charge is 0.248 e. The van der Waals surface area contributed by atoms with Gasteiger partial charge in [-0.25, -0.2) is 16.8 Å². The van der Waals surface area contributed by atoms with Gasteiger partial charge in [0.2, 0.25) is 26.0 Å². The molecular formula is C20H27N3O5S2. The van der Waals surface area contributed by atoms with Crippen LogP contribution in [-0.4, -0.2) is 48.3 Å². The topological polar surface area (TPSA) is 104 Å². The van der Waals surface area contributed by atoms with Crippen molar-refractivity contribution in [3.05, 3.63) is 54.1 Å². The summed E-state index contributed by atoms with van der Waals surface area (Å²) < 4.78 is 50.7. The van der Waals surface area contributed by atoms with Gasteiger partial charge in [0.05, 0.1) is 23.9 Å². The molecule has 1 unspecified atom stereocenters. The molecule has 2 aromatic rings. The zero-order chi connectivity index (χ0) is 22.7.